The molecule has 2 saturated heterocycles. The Hall–Kier alpha value is -2.96. The number of nitrogens with zero attached hydrogens (tertiary/aromatic N) is 4. The molecule has 2 aromatic rings. The molecule has 12 heteroatoms. The number of carbonyl (C=O) groups excluding carboxylic acids is 3. The molecule has 10 nitrogen and oxygen atoms in total. The zero-order valence-electron chi connectivity index (χ0n) is 18.7. The number of ether oxygens (including phenoxy) is 1. The van der Waals surface area contributed by atoms with Gasteiger partial charge in [-0.3, -0.25) is 19.3 Å². The van der Waals surface area contributed by atoms with Gasteiger partial charge in [-0.05, 0) is 37.1 Å². The van der Waals surface area contributed by atoms with Crippen LogP contribution in [0, 0.1) is 11.7 Å². The normalized spacial score (nSPS) is 19.0. The van der Waals surface area contributed by atoms with Crippen LogP contribution in [0.4, 0.5) is 10.1 Å². The largest absolute Gasteiger partial charge is 0.379 e. The van der Waals surface area contributed by atoms with Gasteiger partial charge in [0.25, 0.3) is 11.8 Å². The Balaban J connectivity index is 1.27. The molecule has 34 heavy (non-hydrogen) atoms. The van der Waals surface area contributed by atoms with Gasteiger partial charge in [-0.15, -0.1) is 10.2 Å². The minimum atomic E-state index is -0.528. The van der Waals surface area contributed by atoms with Gasteiger partial charge in [-0.25, -0.2) is 4.39 Å². The number of halogens is 1. The van der Waals surface area contributed by atoms with Crippen molar-refractivity contribution in [2.24, 2.45) is 5.92 Å². The van der Waals surface area contributed by atoms with Crippen molar-refractivity contribution in [3.8, 4) is 0 Å². The van der Waals surface area contributed by atoms with Gasteiger partial charge >= 0.3 is 0 Å². The molecule has 0 bridgehead atoms. The van der Waals surface area contributed by atoms with E-state index in [-0.39, 0.29) is 27.7 Å². The molecule has 2 fully saturated rings. The molecule has 1 atom stereocenters. The van der Waals surface area contributed by atoms with Crippen molar-refractivity contribution in [1.29, 1.82) is 0 Å². The van der Waals surface area contributed by atoms with Gasteiger partial charge in [0.15, 0.2) is 0 Å². The summed E-state index contributed by atoms with van der Waals surface area (Å²) in [6, 6.07) is 5.33. The zero-order chi connectivity index (χ0) is 23.9. The third-order valence-electron chi connectivity index (χ3n) is 5.81. The molecule has 0 radical (unpaired) electrons. The number of benzene rings is 1. The predicted octanol–water partition coefficient (Wildman–Crippen LogP) is 1.23. The fourth-order valence-corrected chi connectivity index (χ4v) is 4.64. The van der Waals surface area contributed by atoms with Crippen molar-refractivity contribution >= 4 is 34.7 Å². The summed E-state index contributed by atoms with van der Waals surface area (Å²) in [6.07, 6.45) is 1.43. The Morgan fingerprint density at radius 1 is 1.09 bits per heavy atom. The Kier molecular flexibility index (Phi) is 8.14. The number of likely N-dealkylation sites (tertiary alicyclic amines) is 1. The predicted molar refractivity (Wildman–Crippen MR) is 123 cm³/mol. The molecule has 0 aliphatic carbocycles. The second-order valence-electron chi connectivity index (χ2n) is 8.21. The van der Waals surface area contributed by atoms with Crippen molar-refractivity contribution < 1.29 is 23.5 Å². The van der Waals surface area contributed by atoms with E-state index in [1.54, 1.807) is 4.90 Å². The van der Waals surface area contributed by atoms with Gasteiger partial charge in [0.1, 0.15) is 5.82 Å². The van der Waals surface area contributed by atoms with E-state index in [9.17, 15) is 18.8 Å². The average molecular weight is 491 g/mol. The molecule has 0 spiro atoms. The molecule has 2 N–H and O–H groups in total. The van der Waals surface area contributed by atoms with E-state index < -0.39 is 11.7 Å². The molecule has 4 rings (SSSR count). The van der Waals surface area contributed by atoms with Crippen molar-refractivity contribution in [2.45, 2.75) is 12.8 Å². The van der Waals surface area contributed by atoms with Crippen LogP contribution >= 0.6 is 11.3 Å². The minimum Gasteiger partial charge on any atom is -0.379 e. The maximum Gasteiger partial charge on any atom is 0.286 e. The molecule has 1 aromatic carbocycles. The first-order valence-corrected chi connectivity index (χ1v) is 12.1. The second kappa shape index (κ2) is 11.4. The van der Waals surface area contributed by atoms with E-state index in [2.05, 4.69) is 25.7 Å². The molecule has 0 unspecified atom stereocenters. The summed E-state index contributed by atoms with van der Waals surface area (Å²) >= 11 is 0.889. The van der Waals surface area contributed by atoms with Crippen molar-refractivity contribution in [3.05, 3.63) is 40.1 Å². The highest BCUT2D eigenvalue weighted by Gasteiger charge is 2.31. The number of aromatic nitrogens is 2. The minimum absolute atomic E-state index is 0.0297. The van der Waals surface area contributed by atoms with Crippen LogP contribution in [0.5, 0.6) is 0 Å². The lowest BCUT2D eigenvalue weighted by Gasteiger charge is -2.32. The fourth-order valence-electron chi connectivity index (χ4n) is 3.94. The SMILES string of the molecule is O=C(Nc1ccc(F)cc1)c1nnc(C(=O)N2CCC[C@H](C(=O)NCCN3CCOCC3)C2)s1. The van der Waals surface area contributed by atoms with Gasteiger partial charge in [0.2, 0.25) is 15.9 Å². The van der Waals surface area contributed by atoms with E-state index in [0.717, 1.165) is 44.2 Å². The lowest BCUT2D eigenvalue weighted by atomic mass is 9.97. The van der Waals surface area contributed by atoms with Crippen molar-refractivity contribution in [3.63, 3.8) is 0 Å². The number of piperidine rings is 1. The third kappa shape index (κ3) is 6.33. The summed E-state index contributed by atoms with van der Waals surface area (Å²) in [6.45, 7) is 5.33. The smallest absolute Gasteiger partial charge is 0.286 e. The van der Waals surface area contributed by atoms with Crippen molar-refractivity contribution in [2.75, 3.05) is 57.8 Å². The first-order chi connectivity index (χ1) is 16.5. The monoisotopic (exact) mass is 490 g/mol. The van der Waals surface area contributed by atoms with E-state index in [1.165, 1.54) is 24.3 Å². The maximum atomic E-state index is 13.0. The van der Waals surface area contributed by atoms with Crippen LogP contribution in [-0.2, 0) is 9.53 Å². The molecule has 3 heterocycles. The molecule has 2 aliphatic rings. The first-order valence-electron chi connectivity index (χ1n) is 11.3. The highest BCUT2D eigenvalue weighted by molar-refractivity contribution is 7.15. The van der Waals surface area contributed by atoms with E-state index >= 15 is 0 Å². The van der Waals surface area contributed by atoms with Crippen LogP contribution in [0.3, 0.4) is 0 Å². The Morgan fingerprint density at radius 3 is 2.59 bits per heavy atom. The second-order valence-corrected chi connectivity index (χ2v) is 9.19. The van der Waals surface area contributed by atoms with Gasteiger partial charge in [-0.1, -0.05) is 11.3 Å². The average Bonchev–Trinajstić information content (AvgIpc) is 3.36. The first kappa shape index (κ1) is 24.2. The number of anilines is 1. The van der Waals surface area contributed by atoms with Crippen LogP contribution in [-0.4, -0.2) is 90.2 Å². The molecular formula is C22H27FN6O4S. The number of carbonyl (C=O) groups is 3. The van der Waals surface area contributed by atoms with Gasteiger partial charge < -0.3 is 20.3 Å². The van der Waals surface area contributed by atoms with Crippen molar-refractivity contribution in [1.82, 2.24) is 25.3 Å². The molecular weight excluding hydrogens is 463 g/mol. The van der Waals surface area contributed by atoms with Crippen LogP contribution < -0.4 is 10.6 Å². The van der Waals surface area contributed by atoms with Crippen LogP contribution in [0.1, 0.15) is 32.4 Å². The van der Waals surface area contributed by atoms with Gasteiger partial charge in [0.05, 0.1) is 19.1 Å². The Morgan fingerprint density at radius 2 is 1.82 bits per heavy atom. The Bertz CT molecular complexity index is 1010. The number of amides is 3. The molecule has 3 amide bonds. The summed E-state index contributed by atoms with van der Waals surface area (Å²) < 4.78 is 18.4. The number of nitrogens with one attached hydrogen (secondary N) is 2. The summed E-state index contributed by atoms with van der Waals surface area (Å²) in [5.74, 6) is -1.62. The summed E-state index contributed by atoms with van der Waals surface area (Å²) in [5.41, 5.74) is 0.410. The third-order valence-corrected chi connectivity index (χ3v) is 6.72. The highest BCUT2D eigenvalue weighted by Crippen LogP contribution is 2.21. The van der Waals surface area contributed by atoms with Crippen LogP contribution in [0.25, 0.3) is 0 Å². The molecule has 182 valence electrons. The Labute approximate surface area is 200 Å². The molecule has 0 saturated carbocycles. The number of morpholine rings is 1. The van der Waals surface area contributed by atoms with E-state index in [4.69, 9.17) is 4.74 Å². The summed E-state index contributed by atoms with van der Waals surface area (Å²) in [4.78, 5) is 41.8. The van der Waals surface area contributed by atoms with Gasteiger partial charge in [-0.2, -0.15) is 0 Å². The number of rotatable bonds is 7. The standard InChI is InChI=1S/C22H27FN6O4S/c23-16-3-5-17(6-4-16)25-19(31)20-26-27-21(34-20)22(32)29-8-1-2-15(14-29)18(30)24-7-9-28-10-12-33-13-11-28/h3-6,15H,1-2,7-14H2,(H,24,30)(H,25,31)/t15-/m0/s1. The lowest BCUT2D eigenvalue weighted by molar-refractivity contribution is -0.126. The quantitative estimate of drug-likeness (QED) is 0.600. The van der Waals surface area contributed by atoms with Gasteiger partial charge in [0, 0.05) is 45.0 Å². The molecule has 2 aliphatic heterocycles. The van der Waals surface area contributed by atoms with E-state index in [0.29, 0.717) is 38.2 Å². The van der Waals surface area contributed by atoms with Crippen LogP contribution in [0.15, 0.2) is 24.3 Å². The number of hydrogen-bond acceptors (Lipinski definition) is 8. The number of hydrogen-bond donors (Lipinski definition) is 2. The summed E-state index contributed by atoms with van der Waals surface area (Å²) in [5, 5.41) is 13.4. The zero-order valence-corrected chi connectivity index (χ0v) is 19.5. The topological polar surface area (TPSA) is 117 Å². The highest BCUT2D eigenvalue weighted by atomic mass is 32.1. The molecule has 1 aromatic heterocycles. The fraction of sp³-hybridized carbons (Fsp3) is 0.500. The van der Waals surface area contributed by atoms with Crippen LogP contribution in [0.2, 0.25) is 0 Å². The summed E-state index contributed by atoms with van der Waals surface area (Å²) in [7, 11) is 0. The maximum absolute atomic E-state index is 13.0. The lowest BCUT2D eigenvalue weighted by Crippen LogP contribution is -2.47. The van der Waals surface area contributed by atoms with E-state index in [1.807, 2.05) is 0 Å².